The van der Waals surface area contributed by atoms with Crippen molar-refractivity contribution in [2.45, 2.75) is 44.8 Å². The molecule has 0 unspecified atom stereocenters. The number of benzene rings is 1. The third-order valence-corrected chi connectivity index (χ3v) is 3.94. The molecule has 1 aliphatic heterocycles. The SMILES string of the molecule is CCCC[C@@H]1N[C@H](Cc2ccc(OC)cc2)C(=O)N1C. The van der Waals surface area contributed by atoms with Gasteiger partial charge in [0.2, 0.25) is 5.91 Å². The van der Waals surface area contributed by atoms with Crippen LogP contribution in [-0.2, 0) is 11.2 Å². The first kappa shape index (κ1) is 14.9. The molecule has 1 saturated heterocycles. The molecule has 1 fully saturated rings. The summed E-state index contributed by atoms with van der Waals surface area (Å²) < 4.78 is 5.15. The van der Waals surface area contributed by atoms with Crippen LogP contribution < -0.4 is 10.1 Å². The molecule has 1 aliphatic rings. The predicted molar refractivity (Wildman–Crippen MR) is 79.7 cm³/mol. The number of ether oxygens (including phenoxy) is 1. The van der Waals surface area contributed by atoms with Crippen molar-refractivity contribution in [2.24, 2.45) is 0 Å². The molecule has 0 bridgehead atoms. The second kappa shape index (κ2) is 6.75. The summed E-state index contributed by atoms with van der Waals surface area (Å²) in [5, 5.41) is 3.45. The van der Waals surface area contributed by atoms with Crippen molar-refractivity contribution in [3.63, 3.8) is 0 Å². The third kappa shape index (κ3) is 3.31. The maximum atomic E-state index is 12.2. The first-order valence-corrected chi connectivity index (χ1v) is 7.31. The van der Waals surface area contributed by atoms with Gasteiger partial charge < -0.3 is 9.64 Å². The van der Waals surface area contributed by atoms with Gasteiger partial charge in [0.05, 0.1) is 19.3 Å². The Morgan fingerprint density at radius 1 is 1.30 bits per heavy atom. The number of rotatable bonds is 6. The van der Waals surface area contributed by atoms with E-state index in [2.05, 4.69) is 12.2 Å². The van der Waals surface area contributed by atoms with Gasteiger partial charge in [0.25, 0.3) is 0 Å². The molecule has 20 heavy (non-hydrogen) atoms. The monoisotopic (exact) mass is 276 g/mol. The molecule has 1 heterocycles. The average molecular weight is 276 g/mol. The highest BCUT2D eigenvalue weighted by Gasteiger charge is 2.35. The van der Waals surface area contributed by atoms with Crippen LogP contribution in [0.25, 0.3) is 0 Å². The molecule has 110 valence electrons. The smallest absolute Gasteiger partial charge is 0.241 e. The minimum absolute atomic E-state index is 0.102. The molecule has 1 N–H and O–H groups in total. The Balaban J connectivity index is 1.96. The normalized spacial score (nSPS) is 22.4. The fourth-order valence-corrected chi connectivity index (χ4v) is 2.63. The van der Waals surface area contributed by atoms with Crippen LogP contribution in [0, 0.1) is 0 Å². The van der Waals surface area contributed by atoms with E-state index in [1.807, 2.05) is 36.2 Å². The zero-order valence-electron chi connectivity index (χ0n) is 12.6. The van der Waals surface area contributed by atoms with Crippen LogP contribution >= 0.6 is 0 Å². The molecule has 1 amide bonds. The first-order valence-electron chi connectivity index (χ1n) is 7.31. The number of methoxy groups -OCH3 is 1. The topological polar surface area (TPSA) is 41.6 Å². The first-order chi connectivity index (χ1) is 9.65. The highest BCUT2D eigenvalue weighted by atomic mass is 16.5. The Labute approximate surface area is 121 Å². The summed E-state index contributed by atoms with van der Waals surface area (Å²) in [4.78, 5) is 14.1. The lowest BCUT2D eigenvalue weighted by Gasteiger charge is -2.18. The van der Waals surface area contributed by atoms with Gasteiger partial charge in [-0.25, -0.2) is 0 Å². The summed E-state index contributed by atoms with van der Waals surface area (Å²) in [5.41, 5.74) is 1.15. The van der Waals surface area contributed by atoms with E-state index >= 15 is 0 Å². The van der Waals surface area contributed by atoms with Gasteiger partial charge in [-0.3, -0.25) is 10.1 Å². The molecule has 4 nitrogen and oxygen atoms in total. The zero-order valence-corrected chi connectivity index (χ0v) is 12.6. The van der Waals surface area contributed by atoms with Crippen LogP contribution in [0.1, 0.15) is 31.7 Å². The van der Waals surface area contributed by atoms with Gasteiger partial charge in [0, 0.05) is 7.05 Å². The fraction of sp³-hybridized carbons (Fsp3) is 0.562. The summed E-state index contributed by atoms with van der Waals surface area (Å²) in [7, 11) is 3.55. The van der Waals surface area contributed by atoms with Crippen LogP contribution in [0.15, 0.2) is 24.3 Å². The second-order valence-corrected chi connectivity index (χ2v) is 5.38. The quantitative estimate of drug-likeness (QED) is 0.866. The average Bonchev–Trinajstić information content (AvgIpc) is 2.74. The summed E-state index contributed by atoms with van der Waals surface area (Å²) in [6.07, 6.45) is 4.24. The van der Waals surface area contributed by atoms with Crippen LogP contribution in [0.5, 0.6) is 5.75 Å². The van der Waals surface area contributed by atoms with Crippen molar-refractivity contribution >= 4 is 5.91 Å². The Bertz CT molecular complexity index is 444. The highest BCUT2D eigenvalue weighted by Crippen LogP contribution is 2.18. The van der Waals surface area contributed by atoms with Gasteiger partial charge in [-0.1, -0.05) is 31.9 Å². The van der Waals surface area contributed by atoms with Gasteiger partial charge in [-0.2, -0.15) is 0 Å². The van der Waals surface area contributed by atoms with Crippen molar-refractivity contribution in [2.75, 3.05) is 14.2 Å². The Hall–Kier alpha value is -1.55. The minimum atomic E-state index is -0.102. The number of unbranched alkanes of at least 4 members (excludes halogenated alkanes) is 1. The number of hydrogen-bond donors (Lipinski definition) is 1. The molecule has 0 spiro atoms. The van der Waals surface area contributed by atoms with Gasteiger partial charge in [0.1, 0.15) is 5.75 Å². The lowest BCUT2D eigenvalue weighted by Crippen LogP contribution is -2.35. The number of likely N-dealkylation sites (N-methyl/N-ethyl adjacent to an activating group) is 1. The van der Waals surface area contributed by atoms with Crippen LogP contribution in [0.4, 0.5) is 0 Å². The Morgan fingerprint density at radius 2 is 2.00 bits per heavy atom. The van der Waals surface area contributed by atoms with Crippen LogP contribution in [0.3, 0.4) is 0 Å². The van der Waals surface area contributed by atoms with Crippen molar-refractivity contribution in [1.82, 2.24) is 10.2 Å². The molecular formula is C16H24N2O2. The Morgan fingerprint density at radius 3 is 2.60 bits per heavy atom. The molecule has 1 aromatic rings. The minimum Gasteiger partial charge on any atom is -0.497 e. The maximum Gasteiger partial charge on any atom is 0.241 e. The maximum absolute atomic E-state index is 12.2. The van der Waals surface area contributed by atoms with E-state index in [4.69, 9.17) is 4.74 Å². The van der Waals surface area contributed by atoms with E-state index in [1.54, 1.807) is 7.11 Å². The van der Waals surface area contributed by atoms with E-state index in [0.717, 1.165) is 37.0 Å². The molecule has 0 saturated carbocycles. The number of hydrogen-bond acceptors (Lipinski definition) is 3. The van der Waals surface area contributed by atoms with E-state index in [-0.39, 0.29) is 18.1 Å². The standard InChI is InChI=1S/C16H24N2O2/c1-4-5-6-15-17-14(16(19)18(15)2)11-12-7-9-13(20-3)10-8-12/h7-10,14-15,17H,4-6,11H2,1-3H3/t14-,15-/m1/s1. The number of nitrogens with one attached hydrogen (secondary N) is 1. The predicted octanol–water partition coefficient (Wildman–Crippen LogP) is 2.18. The van der Waals surface area contributed by atoms with Crippen LogP contribution in [0.2, 0.25) is 0 Å². The lowest BCUT2D eigenvalue weighted by atomic mass is 10.1. The van der Waals surface area contributed by atoms with Crippen molar-refractivity contribution in [3.8, 4) is 5.75 Å². The largest absolute Gasteiger partial charge is 0.497 e. The highest BCUT2D eigenvalue weighted by molar-refractivity contribution is 5.84. The third-order valence-electron chi connectivity index (χ3n) is 3.94. The van der Waals surface area contributed by atoms with Crippen molar-refractivity contribution < 1.29 is 9.53 Å². The van der Waals surface area contributed by atoms with Gasteiger partial charge in [-0.15, -0.1) is 0 Å². The molecule has 2 rings (SSSR count). The van der Waals surface area contributed by atoms with E-state index < -0.39 is 0 Å². The molecule has 4 heteroatoms. The molecule has 0 aliphatic carbocycles. The summed E-state index contributed by atoms with van der Waals surface area (Å²) in [6, 6.07) is 7.82. The molecule has 2 atom stereocenters. The molecule has 1 aromatic carbocycles. The Kier molecular flexibility index (Phi) is 5.01. The van der Waals surface area contributed by atoms with Crippen LogP contribution in [-0.4, -0.2) is 37.2 Å². The molecule has 0 aromatic heterocycles. The van der Waals surface area contributed by atoms with Crippen molar-refractivity contribution in [3.05, 3.63) is 29.8 Å². The number of amides is 1. The zero-order chi connectivity index (χ0) is 14.5. The summed E-state index contributed by atoms with van der Waals surface area (Å²) in [5.74, 6) is 1.04. The van der Waals surface area contributed by atoms with Crippen molar-refractivity contribution in [1.29, 1.82) is 0 Å². The lowest BCUT2D eigenvalue weighted by molar-refractivity contribution is -0.128. The van der Waals surface area contributed by atoms with E-state index in [0.29, 0.717) is 0 Å². The number of carbonyl (C=O) groups excluding carboxylic acids is 1. The fourth-order valence-electron chi connectivity index (χ4n) is 2.63. The molecule has 0 radical (unpaired) electrons. The summed E-state index contributed by atoms with van der Waals surface area (Å²) >= 11 is 0. The number of carbonyl (C=O) groups is 1. The second-order valence-electron chi connectivity index (χ2n) is 5.38. The van der Waals surface area contributed by atoms with Gasteiger partial charge in [0.15, 0.2) is 0 Å². The van der Waals surface area contributed by atoms with E-state index in [9.17, 15) is 4.79 Å². The molecular weight excluding hydrogens is 252 g/mol. The van der Waals surface area contributed by atoms with Gasteiger partial charge >= 0.3 is 0 Å². The van der Waals surface area contributed by atoms with Gasteiger partial charge in [-0.05, 0) is 30.5 Å². The summed E-state index contributed by atoms with van der Waals surface area (Å²) in [6.45, 7) is 2.17. The number of nitrogens with zero attached hydrogens (tertiary/aromatic N) is 1. The van der Waals surface area contributed by atoms with E-state index in [1.165, 1.54) is 0 Å².